The Kier molecular flexibility index (Phi) is 5.95. The van der Waals surface area contributed by atoms with Gasteiger partial charge in [0.15, 0.2) is 5.82 Å². The van der Waals surface area contributed by atoms with Gasteiger partial charge in [-0.3, -0.25) is 9.88 Å². The fourth-order valence-corrected chi connectivity index (χ4v) is 4.34. The molecule has 1 saturated heterocycles. The van der Waals surface area contributed by atoms with E-state index in [1.807, 2.05) is 36.2 Å². The lowest BCUT2D eigenvalue weighted by molar-refractivity contribution is 0.257. The maximum absolute atomic E-state index is 13.7. The van der Waals surface area contributed by atoms with Gasteiger partial charge in [-0.2, -0.15) is 0 Å². The second-order valence-electron chi connectivity index (χ2n) is 8.52. The van der Waals surface area contributed by atoms with Crippen LogP contribution in [-0.4, -0.2) is 60.4 Å². The van der Waals surface area contributed by atoms with Crippen LogP contribution in [0, 0.1) is 5.82 Å². The number of urea groups is 1. The topological polar surface area (TPSA) is 77.5 Å². The molecule has 0 spiro atoms. The van der Waals surface area contributed by atoms with Crippen LogP contribution in [-0.2, 0) is 0 Å². The van der Waals surface area contributed by atoms with Gasteiger partial charge in [-0.1, -0.05) is 0 Å². The Morgan fingerprint density at radius 3 is 2.82 bits per heavy atom. The molecule has 0 unspecified atom stereocenters. The molecule has 2 aliphatic heterocycles. The van der Waals surface area contributed by atoms with E-state index < -0.39 is 18.0 Å². The number of hydrogen-bond acceptors (Lipinski definition) is 6. The number of aromatic nitrogens is 3. The Morgan fingerprint density at radius 2 is 2.03 bits per heavy atom. The van der Waals surface area contributed by atoms with E-state index in [4.69, 9.17) is 4.98 Å². The van der Waals surface area contributed by atoms with Gasteiger partial charge in [0.05, 0.1) is 36.0 Å². The van der Waals surface area contributed by atoms with Crippen molar-refractivity contribution in [3.8, 4) is 11.3 Å². The number of carbonyl (C=O) groups excluding carboxylic acids is 1. The highest BCUT2D eigenvalue weighted by molar-refractivity contribution is 6.03. The summed E-state index contributed by atoms with van der Waals surface area (Å²) in [6.07, 6.45) is 4.58. The van der Waals surface area contributed by atoms with Crippen LogP contribution < -0.4 is 20.0 Å². The molecule has 1 fully saturated rings. The zero-order valence-electron chi connectivity index (χ0n) is 18.8. The van der Waals surface area contributed by atoms with Gasteiger partial charge in [-0.15, -0.1) is 0 Å². The molecule has 0 saturated carbocycles. The number of carbonyl (C=O) groups is 1. The summed E-state index contributed by atoms with van der Waals surface area (Å²) >= 11 is 0. The molecule has 1 N–H and O–H groups in total. The van der Waals surface area contributed by atoms with E-state index in [1.165, 1.54) is 12.3 Å². The van der Waals surface area contributed by atoms with Crippen LogP contribution in [0.3, 0.4) is 0 Å². The van der Waals surface area contributed by atoms with Gasteiger partial charge < -0.3 is 15.1 Å². The highest BCUT2D eigenvalue weighted by Gasteiger charge is 2.27. The molecule has 1 atom stereocenters. The first kappa shape index (κ1) is 22.0. The van der Waals surface area contributed by atoms with Crippen LogP contribution in [0.5, 0.6) is 0 Å². The molecule has 0 aliphatic carbocycles. The maximum atomic E-state index is 13.7. The molecule has 3 aromatic heterocycles. The van der Waals surface area contributed by atoms with Crippen LogP contribution in [0.4, 0.5) is 36.6 Å². The summed E-state index contributed by atoms with van der Waals surface area (Å²) in [6.45, 7) is 2.18. The molecule has 5 rings (SSSR count). The number of fused-ring (bicyclic) bond motifs is 1. The number of amides is 2. The Morgan fingerprint density at radius 1 is 1.15 bits per heavy atom. The van der Waals surface area contributed by atoms with Gasteiger partial charge in [0, 0.05) is 44.5 Å². The van der Waals surface area contributed by atoms with Crippen LogP contribution in [0.25, 0.3) is 11.3 Å². The lowest BCUT2D eigenvalue weighted by atomic mass is 10.1. The van der Waals surface area contributed by atoms with E-state index in [0.29, 0.717) is 43.4 Å². The Hall–Kier alpha value is -3.82. The average molecular weight is 466 g/mol. The number of nitrogens with one attached hydrogen (secondary N) is 1. The molecule has 0 radical (unpaired) electrons. The van der Waals surface area contributed by atoms with E-state index in [-0.39, 0.29) is 5.69 Å². The number of alkyl halides is 1. The minimum absolute atomic E-state index is 0.274. The Bertz CT molecular complexity index is 1210. The third-order valence-electron chi connectivity index (χ3n) is 6.09. The monoisotopic (exact) mass is 465 g/mol. The van der Waals surface area contributed by atoms with Crippen LogP contribution in [0.1, 0.15) is 12.8 Å². The fourth-order valence-electron chi connectivity index (χ4n) is 4.34. The number of pyridine rings is 3. The average Bonchev–Trinajstić information content (AvgIpc) is 3.20. The number of rotatable bonds is 3. The third kappa shape index (κ3) is 4.48. The van der Waals surface area contributed by atoms with Crippen molar-refractivity contribution in [1.29, 1.82) is 0 Å². The molecule has 0 bridgehead atoms. The maximum Gasteiger partial charge on any atom is 0.327 e. The van der Waals surface area contributed by atoms with Crippen molar-refractivity contribution >= 4 is 29.0 Å². The second-order valence-corrected chi connectivity index (χ2v) is 8.52. The van der Waals surface area contributed by atoms with E-state index >= 15 is 0 Å². The summed E-state index contributed by atoms with van der Waals surface area (Å²) in [5.41, 5.74) is 2.61. The Labute approximate surface area is 196 Å². The molecule has 176 valence electrons. The van der Waals surface area contributed by atoms with Gasteiger partial charge in [0.2, 0.25) is 0 Å². The van der Waals surface area contributed by atoms with E-state index in [2.05, 4.69) is 20.2 Å². The molecule has 0 aromatic carbocycles. The van der Waals surface area contributed by atoms with Crippen molar-refractivity contribution in [1.82, 2.24) is 15.0 Å². The van der Waals surface area contributed by atoms with E-state index in [1.54, 1.807) is 11.1 Å². The molecular weight excluding hydrogens is 440 g/mol. The number of hydrogen-bond donors (Lipinski definition) is 1. The highest BCUT2D eigenvalue weighted by Crippen LogP contribution is 2.34. The molecule has 3 aromatic rings. The first-order valence-electron chi connectivity index (χ1n) is 11.2. The standard InChI is InChI=1S/C24H25F2N7O/c1-31-8-2-9-33(24(34)29-19-12-18(26)13-27-14-19)23-21(31)4-3-20(30-23)16-5-7-28-22(11-16)32-10-6-17(25)15-32/h3-5,7,11-14,17H,2,6,8-10,15H2,1H3,(H,29,34)/t17-/m0/s1. The van der Waals surface area contributed by atoms with Crippen molar-refractivity contribution in [2.45, 2.75) is 19.0 Å². The van der Waals surface area contributed by atoms with Gasteiger partial charge in [-0.25, -0.2) is 23.5 Å². The predicted molar refractivity (Wildman–Crippen MR) is 128 cm³/mol. The van der Waals surface area contributed by atoms with Crippen molar-refractivity contribution in [2.24, 2.45) is 0 Å². The summed E-state index contributed by atoms with van der Waals surface area (Å²) in [6, 6.07) is 8.42. The number of nitrogens with zero attached hydrogens (tertiary/aromatic N) is 6. The number of anilines is 4. The van der Waals surface area contributed by atoms with Crippen LogP contribution in [0.2, 0.25) is 0 Å². The summed E-state index contributed by atoms with van der Waals surface area (Å²) in [5, 5.41) is 2.72. The minimum Gasteiger partial charge on any atom is -0.372 e. The molecule has 10 heteroatoms. The molecule has 5 heterocycles. The Balaban J connectivity index is 1.47. The molecular formula is C24H25F2N7O. The lowest BCUT2D eigenvalue weighted by Crippen LogP contribution is -2.36. The zero-order valence-corrected chi connectivity index (χ0v) is 18.8. The summed E-state index contributed by atoms with van der Waals surface area (Å²) in [5.74, 6) is 0.696. The van der Waals surface area contributed by atoms with Crippen molar-refractivity contribution < 1.29 is 13.6 Å². The van der Waals surface area contributed by atoms with Crippen molar-refractivity contribution in [3.63, 3.8) is 0 Å². The summed E-state index contributed by atoms with van der Waals surface area (Å²) in [7, 11) is 1.96. The zero-order chi connectivity index (χ0) is 23.7. The normalized spacial score (nSPS) is 18.0. The van der Waals surface area contributed by atoms with Crippen LogP contribution in [0.15, 0.2) is 48.9 Å². The first-order valence-corrected chi connectivity index (χ1v) is 11.2. The van der Waals surface area contributed by atoms with Gasteiger partial charge in [0.1, 0.15) is 17.8 Å². The SMILES string of the molecule is CN1CCCN(C(=O)Nc2cncc(F)c2)c2nc(-c3ccnc(N4CC[C@H](F)C4)c3)ccc21. The number of halogens is 2. The predicted octanol–water partition coefficient (Wildman–Crippen LogP) is 4.10. The first-order chi connectivity index (χ1) is 16.5. The summed E-state index contributed by atoms with van der Waals surface area (Å²) < 4.78 is 27.2. The minimum atomic E-state index is -0.841. The van der Waals surface area contributed by atoms with Crippen LogP contribution >= 0.6 is 0 Å². The van der Waals surface area contributed by atoms with Crippen molar-refractivity contribution in [2.75, 3.05) is 53.2 Å². The molecule has 2 amide bonds. The lowest BCUT2D eigenvalue weighted by Gasteiger charge is -2.24. The van der Waals surface area contributed by atoms with Gasteiger partial charge in [-0.05, 0) is 37.1 Å². The smallest absolute Gasteiger partial charge is 0.327 e. The van der Waals surface area contributed by atoms with Gasteiger partial charge >= 0.3 is 6.03 Å². The molecule has 8 nitrogen and oxygen atoms in total. The highest BCUT2D eigenvalue weighted by atomic mass is 19.1. The molecule has 34 heavy (non-hydrogen) atoms. The van der Waals surface area contributed by atoms with Crippen molar-refractivity contribution in [3.05, 3.63) is 54.7 Å². The molecule has 2 aliphatic rings. The quantitative estimate of drug-likeness (QED) is 0.628. The largest absolute Gasteiger partial charge is 0.372 e. The van der Waals surface area contributed by atoms with E-state index in [0.717, 1.165) is 30.4 Å². The second kappa shape index (κ2) is 9.20. The van der Waals surface area contributed by atoms with Gasteiger partial charge in [0.25, 0.3) is 0 Å². The summed E-state index contributed by atoms with van der Waals surface area (Å²) in [4.78, 5) is 31.8. The third-order valence-corrected chi connectivity index (χ3v) is 6.09. The fraction of sp³-hybridized carbons (Fsp3) is 0.333. The van der Waals surface area contributed by atoms with E-state index in [9.17, 15) is 13.6 Å².